The summed E-state index contributed by atoms with van der Waals surface area (Å²) in [5.74, 6) is 0. The first-order valence-corrected chi connectivity index (χ1v) is 7.06. The Morgan fingerprint density at radius 2 is 2.15 bits per heavy atom. The lowest BCUT2D eigenvalue weighted by atomic mass is 10.1. The topological polar surface area (TPSA) is 51.2 Å². The Kier molecular flexibility index (Phi) is 4.98. The summed E-state index contributed by atoms with van der Waals surface area (Å²) in [5, 5.41) is 3.21. The molecule has 1 aromatic heterocycles. The summed E-state index contributed by atoms with van der Waals surface area (Å²) in [4.78, 5) is 15.8. The second-order valence-corrected chi connectivity index (χ2v) is 5.31. The van der Waals surface area contributed by atoms with Crippen LogP contribution < -0.4 is 5.32 Å². The van der Waals surface area contributed by atoms with Gasteiger partial charge in [0.05, 0.1) is 10.2 Å². The maximum atomic E-state index is 11.8. The summed E-state index contributed by atoms with van der Waals surface area (Å²) in [7, 11) is 0. The average molecular weight is 356 g/mol. The molecule has 6 heteroatoms. The zero-order valence-electron chi connectivity index (χ0n) is 10.6. The van der Waals surface area contributed by atoms with E-state index >= 15 is 0 Å². The third kappa shape index (κ3) is 3.71. The number of pyridine rings is 1. The molecule has 0 aliphatic heterocycles. The predicted octanol–water partition coefficient (Wildman–Crippen LogP) is 4.81. The molecule has 0 radical (unpaired) electrons. The van der Waals surface area contributed by atoms with E-state index in [2.05, 4.69) is 26.2 Å². The summed E-state index contributed by atoms with van der Waals surface area (Å²) in [6.07, 6.45) is 2.18. The van der Waals surface area contributed by atoms with Crippen LogP contribution in [0.2, 0.25) is 5.02 Å². The largest absolute Gasteiger partial charge is 0.441 e. The Hall–Kier alpha value is -1.59. The second kappa shape index (κ2) is 6.72. The number of carbonyl (C=O) groups is 1. The van der Waals surface area contributed by atoms with Crippen LogP contribution >= 0.6 is 27.5 Å². The normalized spacial score (nSPS) is 11.8. The minimum absolute atomic E-state index is 0.440. The Morgan fingerprint density at radius 3 is 2.85 bits per heavy atom. The lowest BCUT2D eigenvalue weighted by molar-refractivity contribution is 0.121. The predicted molar refractivity (Wildman–Crippen MR) is 81.9 cm³/mol. The summed E-state index contributed by atoms with van der Waals surface area (Å²) >= 11 is 9.35. The summed E-state index contributed by atoms with van der Waals surface area (Å²) in [6.45, 7) is 1.77. The number of carbonyl (C=O) groups excluding carboxylic acids is 1. The van der Waals surface area contributed by atoms with Gasteiger partial charge in [-0.15, -0.1) is 0 Å². The fourth-order valence-corrected chi connectivity index (χ4v) is 2.28. The van der Waals surface area contributed by atoms with Crippen LogP contribution in [0.25, 0.3) is 0 Å². The van der Waals surface area contributed by atoms with Crippen molar-refractivity contribution < 1.29 is 9.53 Å². The smallest absolute Gasteiger partial charge is 0.412 e. The molecule has 0 saturated carbocycles. The molecular weight excluding hydrogens is 344 g/mol. The number of aromatic nitrogens is 1. The molecule has 1 atom stereocenters. The molecule has 1 amide bonds. The van der Waals surface area contributed by atoms with Gasteiger partial charge in [-0.2, -0.15) is 0 Å². The molecule has 20 heavy (non-hydrogen) atoms. The number of hydrogen-bond donors (Lipinski definition) is 1. The summed E-state index contributed by atoms with van der Waals surface area (Å²) in [6, 6.07) is 8.92. The zero-order valence-corrected chi connectivity index (χ0v) is 13.0. The van der Waals surface area contributed by atoms with E-state index in [4.69, 9.17) is 16.3 Å². The molecule has 0 fully saturated rings. The number of anilines is 1. The number of halogens is 2. The van der Waals surface area contributed by atoms with Gasteiger partial charge in [0, 0.05) is 23.0 Å². The highest BCUT2D eigenvalue weighted by molar-refractivity contribution is 9.10. The molecule has 1 heterocycles. The van der Waals surface area contributed by atoms with Crippen molar-refractivity contribution in [2.24, 2.45) is 0 Å². The number of ether oxygens (including phenoxy) is 1. The van der Waals surface area contributed by atoms with E-state index in [1.54, 1.807) is 31.5 Å². The van der Waals surface area contributed by atoms with Crippen molar-refractivity contribution in [3.8, 4) is 0 Å². The number of nitrogens with zero attached hydrogens (tertiary/aromatic N) is 1. The minimum Gasteiger partial charge on any atom is -0.441 e. The SMILES string of the molecule is CC(OC(=O)Nc1ccncc1Br)c1ccccc1Cl. The molecule has 2 aromatic rings. The molecule has 1 unspecified atom stereocenters. The van der Waals surface area contributed by atoms with E-state index in [1.807, 2.05) is 18.2 Å². The van der Waals surface area contributed by atoms with Crippen LogP contribution in [-0.4, -0.2) is 11.1 Å². The number of amides is 1. The third-order valence-corrected chi connectivity index (χ3v) is 3.61. The van der Waals surface area contributed by atoms with E-state index in [1.165, 1.54) is 0 Å². The first-order valence-electron chi connectivity index (χ1n) is 5.89. The van der Waals surface area contributed by atoms with Crippen molar-refractivity contribution >= 4 is 39.3 Å². The number of rotatable bonds is 3. The highest BCUT2D eigenvalue weighted by Gasteiger charge is 2.15. The molecule has 0 bridgehead atoms. The second-order valence-electron chi connectivity index (χ2n) is 4.05. The monoisotopic (exact) mass is 354 g/mol. The number of hydrogen-bond acceptors (Lipinski definition) is 3. The van der Waals surface area contributed by atoms with Crippen LogP contribution in [0, 0.1) is 0 Å². The van der Waals surface area contributed by atoms with Gasteiger partial charge in [0.15, 0.2) is 0 Å². The lowest BCUT2D eigenvalue weighted by Gasteiger charge is -2.15. The highest BCUT2D eigenvalue weighted by Crippen LogP contribution is 2.26. The fraction of sp³-hybridized carbons (Fsp3) is 0.143. The van der Waals surface area contributed by atoms with Crippen LogP contribution in [0.4, 0.5) is 10.5 Å². The third-order valence-electron chi connectivity index (χ3n) is 2.64. The van der Waals surface area contributed by atoms with Gasteiger partial charge in [-0.05, 0) is 35.0 Å². The van der Waals surface area contributed by atoms with Crippen molar-refractivity contribution in [1.82, 2.24) is 4.98 Å². The van der Waals surface area contributed by atoms with Gasteiger partial charge in [0.1, 0.15) is 6.10 Å². The maximum absolute atomic E-state index is 11.8. The first kappa shape index (κ1) is 14.8. The van der Waals surface area contributed by atoms with Crippen molar-refractivity contribution in [3.63, 3.8) is 0 Å². The molecule has 2 rings (SSSR count). The van der Waals surface area contributed by atoms with Gasteiger partial charge in [0.2, 0.25) is 0 Å². The summed E-state index contributed by atoms with van der Waals surface area (Å²) in [5.41, 5.74) is 1.36. The Morgan fingerprint density at radius 1 is 1.40 bits per heavy atom. The highest BCUT2D eigenvalue weighted by atomic mass is 79.9. The van der Waals surface area contributed by atoms with Crippen molar-refractivity contribution in [2.45, 2.75) is 13.0 Å². The molecule has 0 aliphatic rings. The van der Waals surface area contributed by atoms with Gasteiger partial charge in [-0.1, -0.05) is 29.8 Å². The van der Waals surface area contributed by atoms with Gasteiger partial charge in [0.25, 0.3) is 0 Å². The van der Waals surface area contributed by atoms with Gasteiger partial charge in [-0.3, -0.25) is 10.3 Å². The summed E-state index contributed by atoms with van der Waals surface area (Å²) < 4.78 is 5.98. The molecule has 104 valence electrons. The Balaban J connectivity index is 2.02. The Bertz CT molecular complexity index is 622. The molecule has 0 spiro atoms. The van der Waals surface area contributed by atoms with Crippen LogP contribution in [0.1, 0.15) is 18.6 Å². The molecular formula is C14H12BrClN2O2. The molecule has 1 N–H and O–H groups in total. The maximum Gasteiger partial charge on any atom is 0.412 e. The first-order chi connectivity index (χ1) is 9.58. The van der Waals surface area contributed by atoms with E-state index in [0.717, 1.165) is 5.56 Å². The van der Waals surface area contributed by atoms with Crippen LogP contribution in [0.5, 0.6) is 0 Å². The van der Waals surface area contributed by atoms with Crippen molar-refractivity contribution in [1.29, 1.82) is 0 Å². The fourth-order valence-electron chi connectivity index (χ4n) is 1.64. The van der Waals surface area contributed by atoms with E-state index < -0.39 is 12.2 Å². The van der Waals surface area contributed by atoms with Gasteiger partial charge < -0.3 is 4.74 Å². The number of benzene rings is 1. The Labute approximate surface area is 130 Å². The van der Waals surface area contributed by atoms with Crippen LogP contribution in [0.3, 0.4) is 0 Å². The quantitative estimate of drug-likeness (QED) is 0.860. The van der Waals surface area contributed by atoms with Crippen molar-refractivity contribution in [2.75, 3.05) is 5.32 Å². The molecule has 4 nitrogen and oxygen atoms in total. The lowest BCUT2D eigenvalue weighted by Crippen LogP contribution is -2.16. The minimum atomic E-state index is -0.552. The van der Waals surface area contributed by atoms with Crippen LogP contribution in [-0.2, 0) is 4.74 Å². The van der Waals surface area contributed by atoms with Gasteiger partial charge in [-0.25, -0.2) is 4.79 Å². The van der Waals surface area contributed by atoms with Crippen molar-refractivity contribution in [3.05, 3.63) is 57.8 Å². The molecule has 1 aromatic carbocycles. The van der Waals surface area contributed by atoms with Crippen LogP contribution in [0.15, 0.2) is 47.2 Å². The zero-order chi connectivity index (χ0) is 14.5. The van der Waals surface area contributed by atoms with Gasteiger partial charge >= 0.3 is 6.09 Å². The van der Waals surface area contributed by atoms with E-state index in [0.29, 0.717) is 15.2 Å². The standard InChI is InChI=1S/C14H12BrClN2O2/c1-9(10-4-2-3-5-12(10)16)20-14(19)18-13-6-7-17-8-11(13)15/h2-9H,1H3,(H,17,18,19). The van der Waals surface area contributed by atoms with E-state index in [9.17, 15) is 4.79 Å². The van der Waals surface area contributed by atoms with E-state index in [-0.39, 0.29) is 0 Å². The average Bonchev–Trinajstić information content (AvgIpc) is 2.41. The molecule has 0 saturated heterocycles. The molecule has 0 aliphatic carbocycles. The number of nitrogens with one attached hydrogen (secondary N) is 1.